The van der Waals surface area contributed by atoms with Gasteiger partial charge < -0.3 is 19.7 Å². The molecule has 2 aliphatic carbocycles. The number of ketones is 1. The van der Waals surface area contributed by atoms with Crippen molar-refractivity contribution in [2.75, 3.05) is 14.2 Å². The highest BCUT2D eigenvalue weighted by molar-refractivity contribution is 6.33. The van der Waals surface area contributed by atoms with Crippen LogP contribution < -0.4 is 0 Å². The van der Waals surface area contributed by atoms with Crippen molar-refractivity contribution in [3.63, 3.8) is 0 Å². The minimum absolute atomic E-state index is 0.0334. The van der Waals surface area contributed by atoms with Crippen LogP contribution in [0.4, 0.5) is 0 Å². The number of carboxylic acids is 2. The van der Waals surface area contributed by atoms with E-state index in [4.69, 9.17) is 55.9 Å². The fourth-order valence-corrected chi connectivity index (χ4v) is 5.00. The van der Waals surface area contributed by atoms with Gasteiger partial charge >= 0.3 is 11.9 Å². The SMILES string of the molecule is COC1=C(Cl)C=CC(Cl)C1(CC(=O)CC1(C(=O)O)C(OC)=C(Cl)C=CC1Cl)C(=O)O. The van der Waals surface area contributed by atoms with Gasteiger partial charge in [0.25, 0.3) is 0 Å². The molecule has 164 valence electrons. The molecule has 7 nitrogen and oxygen atoms in total. The number of allylic oxidation sites excluding steroid dienone is 6. The Morgan fingerprint density at radius 1 is 0.867 bits per heavy atom. The van der Waals surface area contributed by atoms with Gasteiger partial charge in [-0.3, -0.25) is 14.4 Å². The van der Waals surface area contributed by atoms with Crippen molar-refractivity contribution in [2.24, 2.45) is 10.8 Å². The number of hydrogen-bond acceptors (Lipinski definition) is 5. The molecule has 0 spiro atoms. The Labute approximate surface area is 192 Å². The Kier molecular flexibility index (Phi) is 7.56. The van der Waals surface area contributed by atoms with Gasteiger partial charge in [-0.05, 0) is 12.2 Å². The molecule has 2 rings (SSSR count). The number of rotatable bonds is 8. The van der Waals surface area contributed by atoms with Crippen molar-refractivity contribution in [3.05, 3.63) is 45.9 Å². The van der Waals surface area contributed by atoms with Crippen molar-refractivity contribution >= 4 is 64.1 Å². The van der Waals surface area contributed by atoms with Crippen molar-refractivity contribution in [2.45, 2.75) is 23.6 Å². The second kappa shape index (κ2) is 9.22. The van der Waals surface area contributed by atoms with Crippen LogP contribution in [-0.4, -0.2) is 52.9 Å². The lowest BCUT2D eigenvalue weighted by Gasteiger charge is -2.38. The molecule has 0 aliphatic heterocycles. The Bertz CT molecular complexity index is 821. The van der Waals surface area contributed by atoms with E-state index in [1.54, 1.807) is 0 Å². The van der Waals surface area contributed by atoms with Crippen LogP contribution in [0.15, 0.2) is 45.9 Å². The van der Waals surface area contributed by atoms with Crippen molar-refractivity contribution in [1.29, 1.82) is 0 Å². The van der Waals surface area contributed by atoms with Gasteiger partial charge in [-0.15, -0.1) is 23.2 Å². The summed E-state index contributed by atoms with van der Waals surface area (Å²) in [5.41, 5.74) is -4.07. The third kappa shape index (κ3) is 3.84. The zero-order chi connectivity index (χ0) is 22.9. The molecule has 0 aromatic rings. The second-order valence-electron chi connectivity index (χ2n) is 6.73. The molecule has 4 unspecified atom stereocenters. The van der Waals surface area contributed by atoms with E-state index >= 15 is 0 Å². The van der Waals surface area contributed by atoms with E-state index in [2.05, 4.69) is 0 Å². The molecule has 0 aromatic heterocycles. The fourth-order valence-electron chi connectivity index (χ4n) is 3.68. The van der Waals surface area contributed by atoms with Gasteiger partial charge in [-0.1, -0.05) is 35.4 Å². The van der Waals surface area contributed by atoms with Crippen molar-refractivity contribution in [1.82, 2.24) is 0 Å². The van der Waals surface area contributed by atoms with Crippen molar-refractivity contribution < 1.29 is 34.1 Å². The molecular weight excluding hydrogens is 482 g/mol. The van der Waals surface area contributed by atoms with Gasteiger partial charge in [0.2, 0.25) is 0 Å². The third-order valence-electron chi connectivity index (χ3n) is 5.13. The zero-order valence-corrected chi connectivity index (χ0v) is 18.8. The zero-order valence-electron chi connectivity index (χ0n) is 15.8. The maximum Gasteiger partial charge on any atom is 0.319 e. The summed E-state index contributed by atoms with van der Waals surface area (Å²) in [6.45, 7) is 0. The molecule has 0 saturated heterocycles. The Morgan fingerprint density at radius 2 is 1.20 bits per heavy atom. The topological polar surface area (TPSA) is 110 Å². The summed E-state index contributed by atoms with van der Waals surface area (Å²) in [6.07, 6.45) is 4.00. The minimum atomic E-state index is -2.04. The average molecular weight is 500 g/mol. The average Bonchev–Trinajstić information content (AvgIpc) is 2.67. The summed E-state index contributed by atoms with van der Waals surface area (Å²) in [7, 11) is 2.40. The highest BCUT2D eigenvalue weighted by Gasteiger charge is 2.57. The van der Waals surface area contributed by atoms with E-state index < -0.39 is 52.1 Å². The summed E-state index contributed by atoms with van der Waals surface area (Å²) in [5.74, 6) is -4.08. The first-order chi connectivity index (χ1) is 14.0. The number of carbonyl (C=O) groups excluding carboxylic acids is 1. The summed E-state index contributed by atoms with van der Waals surface area (Å²) in [5, 5.41) is 17.5. The molecule has 0 aromatic carbocycles. The van der Waals surface area contributed by atoms with E-state index in [9.17, 15) is 24.6 Å². The Hall–Kier alpha value is -1.67. The smallest absolute Gasteiger partial charge is 0.319 e. The molecule has 0 amide bonds. The number of carbonyl (C=O) groups is 3. The highest BCUT2D eigenvalue weighted by Crippen LogP contribution is 2.49. The van der Waals surface area contributed by atoms with Crippen LogP contribution in [0.5, 0.6) is 0 Å². The monoisotopic (exact) mass is 498 g/mol. The van der Waals surface area contributed by atoms with Gasteiger partial charge in [0.15, 0.2) is 10.8 Å². The largest absolute Gasteiger partial charge is 0.498 e. The molecule has 2 aliphatic rings. The number of alkyl halides is 2. The molecule has 0 radical (unpaired) electrons. The first-order valence-electron chi connectivity index (χ1n) is 8.50. The van der Waals surface area contributed by atoms with Crippen LogP contribution in [0.25, 0.3) is 0 Å². The van der Waals surface area contributed by atoms with E-state index in [-0.39, 0.29) is 21.6 Å². The van der Waals surface area contributed by atoms with Gasteiger partial charge in [0.05, 0.1) is 35.0 Å². The summed E-state index contributed by atoms with van der Waals surface area (Å²) < 4.78 is 10.3. The lowest BCUT2D eigenvalue weighted by molar-refractivity contribution is -0.153. The fraction of sp³-hybridized carbons (Fsp3) is 0.421. The first kappa shape index (κ1) is 24.6. The molecule has 30 heavy (non-hydrogen) atoms. The molecule has 2 N–H and O–H groups in total. The van der Waals surface area contributed by atoms with Crippen LogP contribution >= 0.6 is 46.4 Å². The van der Waals surface area contributed by atoms with E-state index in [0.717, 1.165) is 0 Å². The van der Waals surface area contributed by atoms with Gasteiger partial charge in [-0.2, -0.15) is 0 Å². The molecule has 11 heteroatoms. The molecule has 4 atom stereocenters. The predicted molar refractivity (Wildman–Crippen MR) is 112 cm³/mol. The van der Waals surface area contributed by atoms with Crippen LogP contribution in [0.2, 0.25) is 0 Å². The maximum absolute atomic E-state index is 13.1. The summed E-state index contributed by atoms with van der Waals surface area (Å²) in [4.78, 5) is 37.5. The highest BCUT2D eigenvalue weighted by atomic mass is 35.5. The number of methoxy groups -OCH3 is 2. The number of ether oxygens (including phenoxy) is 2. The number of carboxylic acid groups (broad SMARTS) is 2. The number of hydrogen-bond donors (Lipinski definition) is 2. The van der Waals surface area contributed by atoms with E-state index in [1.807, 2.05) is 0 Å². The predicted octanol–water partition coefficient (Wildman–Crippen LogP) is 4.03. The van der Waals surface area contributed by atoms with Crippen molar-refractivity contribution in [3.8, 4) is 0 Å². The normalized spacial score (nSPS) is 31.0. The Morgan fingerprint density at radius 3 is 1.47 bits per heavy atom. The lowest BCUT2D eigenvalue weighted by Crippen LogP contribution is -2.48. The number of aliphatic carboxylic acids is 2. The standard InChI is InChI=1S/C19H18Cl4O7/c1-29-14-10(20)3-5-12(22)18(14,16(25)26)7-9(24)8-19(17(27)28)13(23)6-4-11(21)15(19)30-2/h3-6,12-13H,7-8H2,1-2H3,(H,25,26)(H,27,28). The second-order valence-corrected chi connectivity index (χ2v) is 8.48. The van der Waals surface area contributed by atoms with Crippen LogP contribution in [0.3, 0.4) is 0 Å². The maximum atomic E-state index is 13.1. The minimum Gasteiger partial charge on any atom is -0.498 e. The molecule has 0 fully saturated rings. The molecule has 0 heterocycles. The number of Topliss-reactive ketones (excluding diaryl/α,β-unsaturated/α-hetero) is 1. The third-order valence-corrected chi connectivity index (χ3v) is 6.76. The van der Waals surface area contributed by atoms with Gasteiger partial charge in [-0.25, -0.2) is 0 Å². The van der Waals surface area contributed by atoms with Gasteiger partial charge in [0.1, 0.15) is 17.3 Å². The molecule has 0 bridgehead atoms. The van der Waals surface area contributed by atoms with Crippen LogP contribution in [0.1, 0.15) is 12.8 Å². The summed E-state index contributed by atoms with van der Waals surface area (Å²) in [6, 6.07) is 0. The summed E-state index contributed by atoms with van der Waals surface area (Å²) >= 11 is 24.7. The first-order valence-corrected chi connectivity index (χ1v) is 10.1. The van der Waals surface area contributed by atoms with Crippen LogP contribution in [0, 0.1) is 10.8 Å². The van der Waals surface area contributed by atoms with E-state index in [1.165, 1.54) is 38.5 Å². The van der Waals surface area contributed by atoms with Crippen LogP contribution in [-0.2, 0) is 23.9 Å². The number of halogens is 4. The lowest BCUT2D eigenvalue weighted by atomic mass is 9.70. The Balaban J connectivity index is 2.52. The van der Waals surface area contributed by atoms with Gasteiger partial charge in [0, 0.05) is 12.8 Å². The molecule has 0 saturated carbocycles. The quantitative estimate of drug-likeness (QED) is 0.485. The van der Waals surface area contributed by atoms with E-state index in [0.29, 0.717) is 0 Å². The molecular formula is C19H18Cl4O7.